The minimum atomic E-state index is -0.970. The molecule has 0 spiro atoms. The number of hydrogen-bond donors (Lipinski definition) is 1. The van der Waals surface area contributed by atoms with Crippen LogP contribution in [0.25, 0.3) is 16.6 Å². The van der Waals surface area contributed by atoms with E-state index in [1.807, 2.05) is 6.07 Å². The van der Waals surface area contributed by atoms with E-state index in [1.54, 1.807) is 36.7 Å². The van der Waals surface area contributed by atoms with E-state index in [-0.39, 0.29) is 24.4 Å². The third kappa shape index (κ3) is 5.89. The van der Waals surface area contributed by atoms with Gasteiger partial charge in [0.2, 0.25) is 17.8 Å². The van der Waals surface area contributed by atoms with E-state index < -0.39 is 29.7 Å². The lowest BCUT2D eigenvalue weighted by atomic mass is 9.93. The van der Waals surface area contributed by atoms with Gasteiger partial charge >= 0.3 is 0 Å². The van der Waals surface area contributed by atoms with Crippen LogP contribution in [0.1, 0.15) is 54.2 Å². The monoisotopic (exact) mass is 676 g/mol. The summed E-state index contributed by atoms with van der Waals surface area (Å²) in [5.41, 5.74) is 2.29. The van der Waals surface area contributed by atoms with Crippen LogP contribution in [0.3, 0.4) is 0 Å². The van der Waals surface area contributed by atoms with E-state index in [9.17, 15) is 24.0 Å². The van der Waals surface area contributed by atoms with Crippen LogP contribution >= 0.6 is 0 Å². The number of fused-ring (bicyclic) bond motifs is 2. The predicted molar refractivity (Wildman–Crippen MR) is 184 cm³/mol. The van der Waals surface area contributed by atoms with E-state index in [4.69, 9.17) is 1.37 Å². The Labute approximate surface area is 289 Å². The highest BCUT2D eigenvalue weighted by Crippen LogP contribution is 2.31. The Morgan fingerprint density at radius 3 is 2.32 bits per heavy atom. The molecule has 2 aromatic carbocycles. The molecule has 8 rings (SSSR count). The number of nitrogens with zero attached hydrogens (tertiary/aromatic N) is 8. The number of imide groups is 2. The molecule has 2 aromatic heterocycles. The number of para-hydroxylation sites is 1. The smallest absolute Gasteiger partial charge is 0.265 e. The van der Waals surface area contributed by atoms with Crippen molar-refractivity contribution in [3.63, 3.8) is 0 Å². The first-order chi connectivity index (χ1) is 24.7. The Hall–Kier alpha value is -5.50. The Bertz CT molecular complexity index is 2110. The molecule has 0 saturated carbocycles. The molecule has 0 radical (unpaired) electrons. The molecule has 3 fully saturated rings. The standard InChI is InChI=1S/C36H37N9O5/c46-31-8-7-30(32(47)40-31)45-34(49)26-6-5-24(19-28(26)35(45)50)42-17-15-41(16-18-42)12-9-23-10-13-43(14-11-23)36-37-20-25(21-38-36)44-22-39-29-4-2-1-3-27(29)33(44)48/h1-6,19-23,30H,7-18H2,(H,40,46,47)/i1D. The van der Waals surface area contributed by atoms with Gasteiger partial charge in [0.25, 0.3) is 17.4 Å². The number of carbonyl (C=O) groups is 4. The van der Waals surface area contributed by atoms with Crippen LogP contribution in [0.15, 0.2) is 66.0 Å². The van der Waals surface area contributed by atoms with E-state index in [2.05, 4.69) is 35.0 Å². The summed E-state index contributed by atoms with van der Waals surface area (Å²) in [6, 6.07) is 9.39. The van der Waals surface area contributed by atoms with E-state index >= 15 is 0 Å². The number of amides is 4. The number of rotatable bonds is 7. The van der Waals surface area contributed by atoms with Gasteiger partial charge in [0.05, 0.1) is 41.5 Å². The lowest BCUT2D eigenvalue weighted by Crippen LogP contribution is -2.54. The van der Waals surface area contributed by atoms with E-state index in [0.717, 1.165) is 75.7 Å². The number of nitrogens with one attached hydrogen (secondary N) is 1. The first kappa shape index (κ1) is 30.6. The predicted octanol–water partition coefficient (Wildman–Crippen LogP) is 2.01. The molecule has 3 saturated heterocycles. The van der Waals surface area contributed by atoms with Crippen LogP contribution < -0.4 is 20.7 Å². The zero-order valence-corrected chi connectivity index (χ0v) is 27.5. The van der Waals surface area contributed by atoms with Gasteiger partial charge < -0.3 is 9.80 Å². The Morgan fingerprint density at radius 1 is 0.800 bits per heavy atom. The normalized spacial score (nSPS) is 20.8. The quantitative estimate of drug-likeness (QED) is 0.286. The average molecular weight is 677 g/mol. The number of piperidine rings is 2. The van der Waals surface area contributed by atoms with Gasteiger partial charge in [-0.1, -0.05) is 12.1 Å². The SMILES string of the molecule is [2H]c1ccc2ncn(-c3cnc(N4CCC(CCN5CCN(c6ccc7c(c6)C(=O)N(C6CCC(=O)NC6=O)C7=O)CC5)CC4)nc3)c(=O)c2c1. The number of benzene rings is 2. The van der Waals surface area contributed by atoms with Crippen molar-refractivity contribution in [2.75, 3.05) is 55.6 Å². The average Bonchev–Trinajstić information content (AvgIpc) is 3.40. The maximum atomic E-state index is 13.3. The summed E-state index contributed by atoms with van der Waals surface area (Å²) in [6.45, 7) is 6.13. The molecule has 50 heavy (non-hydrogen) atoms. The van der Waals surface area contributed by atoms with Crippen molar-refractivity contribution in [2.24, 2.45) is 5.92 Å². The number of carbonyl (C=O) groups excluding carboxylic acids is 4. The molecular formula is C36H37N9O5. The molecule has 256 valence electrons. The second-order valence-electron chi connectivity index (χ2n) is 13.3. The zero-order valence-electron chi connectivity index (χ0n) is 28.5. The maximum Gasteiger partial charge on any atom is 0.265 e. The Morgan fingerprint density at radius 2 is 1.56 bits per heavy atom. The summed E-state index contributed by atoms with van der Waals surface area (Å²) < 4.78 is 9.25. The highest BCUT2D eigenvalue weighted by molar-refractivity contribution is 6.23. The fourth-order valence-electron chi connectivity index (χ4n) is 7.47. The van der Waals surface area contributed by atoms with Gasteiger partial charge in [-0.15, -0.1) is 0 Å². The van der Waals surface area contributed by atoms with Crippen LogP contribution in [0.5, 0.6) is 0 Å². The highest BCUT2D eigenvalue weighted by atomic mass is 16.2. The Balaban J connectivity index is 0.808. The molecule has 0 aliphatic carbocycles. The molecule has 4 amide bonds. The molecular weight excluding hydrogens is 638 g/mol. The summed E-state index contributed by atoms with van der Waals surface area (Å²) in [6.07, 6.45) is 8.19. The van der Waals surface area contributed by atoms with E-state index in [0.29, 0.717) is 39.6 Å². The van der Waals surface area contributed by atoms with Crippen molar-refractivity contribution in [1.82, 2.24) is 34.6 Å². The lowest BCUT2D eigenvalue weighted by molar-refractivity contribution is -0.136. The molecule has 14 nitrogen and oxygen atoms in total. The lowest BCUT2D eigenvalue weighted by Gasteiger charge is -2.37. The van der Waals surface area contributed by atoms with Gasteiger partial charge in [-0.2, -0.15) is 0 Å². The molecule has 4 aromatic rings. The minimum Gasteiger partial charge on any atom is -0.369 e. The topological polar surface area (TPSA) is 154 Å². The number of hydrogen-bond acceptors (Lipinski definition) is 11. The zero-order chi connectivity index (χ0) is 35.2. The second kappa shape index (κ2) is 13.1. The summed E-state index contributed by atoms with van der Waals surface area (Å²) in [5.74, 6) is -0.728. The molecule has 1 unspecified atom stereocenters. The number of aromatic nitrogens is 4. The third-order valence-corrected chi connectivity index (χ3v) is 10.4. The van der Waals surface area contributed by atoms with Gasteiger partial charge in [-0.25, -0.2) is 15.0 Å². The largest absolute Gasteiger partial charge is 0.369 e. The molecule has 0 bridgehead atoms. The van der Waals surface area contributed by atoms with Gasteiger partial charge in [0.15, 0.2) is 0 Å². The molecule has 4 aliphatic rings. The molecule has 4 aliphatic heterocycles. The fourth-order valence-corrected chi connectivity index (χ4v) is 7.47. The van der Waals surface area contributed by atoms with Crippen LogP contribution in [-0.2, 0) is 9.59 Å². The van der Waals surface area contributed by atoms with Crippen molar-refractivity contribution < 1.29 is 20.5 Å². The van der Waals surface area contributed by atoms with Gasteiger partial charge in [0.1, 0.15) is 12.4 Å². The first-order valence-electron chi connectivity index (χ1n) is 17.6. The van der Waals surface area contributed by atoms with Gasteiger partial charge in [-0.05, 0) is 68.5 Å². The Kier molecular flexibility index (Phi) is 7.99. The van der Waals surface area contributed by atoms with Crippen molar-refractivity contribution in [3.8, 4) is 5.69 Å². The van der Waals surface area contributed by atoms with E-state index in [1.165, 1.54) is 17.0 Å². The molecule has 1 atom stereocenters. The molecule has 6 heterocycles. The number of piperazine rings is 1. The van der Waals surface area contributed by atoms with Gasteiger partial charge in [0, 0.05) is 51.4 Å². The van der Waals surface area contributed by atoms with Crippen LogP contribution in [-0.4, -0.2) is 105 Å². The summed E-state index contributed by atoms with van der Waals surface area (Å²) >= 11 is 0. The molecule has 14 heteroatoms. The maximum absolute atomic E-state index is 13.3. The van der Waals surface area contributed by atoms with Crippen molar-refractivity contribution in [3.05, 3.63) is 82.6 Å². The fraction of sp³-hybridized carbons (Fsp3) is 0.389. The molecule has 1 N–H and O–H groups in total. The third-order valence-electron chi connectivity index (χ3n) is 10.4. The summed E-state index contributed by atoms with van der Waals surface area (Å²) in [5, 5.41) is 2.62. The second-order valence-corrected chi connectivity index (χ2v) is 13.3. The summed E-state index contributed by atoms with van der Waals surface area (Å²) in [4.78, 5) is 84.7. The number of anilines is 2. The highest BCUT2D eigenvalue weighted by Gasteiger charge is 2.44. The van der Waals surface area contributed by atoms with Crippen LogP contribution in [0.4, 0.5) is 11.6 Å². The summed E-state index contributed by atoms with van der Waals surface area (Å²) in [7, 11) is 0. The van der Waals surface area contributed by atoms with Crippen LogP contribution in [0, 0.1) is 5.92 Å². The van der Waals surface area contributed by atoms with Crippen molar-refractivity contribution >= 4 is 46.2 Å². The first-order valence-corrected chi connectivity index (χ1v) is 17.1. The van der Waals surface area contributed by atoms with Crippen molar-refractivity contribution in [1.29, 1.82) is 0 Å². The van der Waals surface area contributed by atoms with Crippen molar-refractivity contribution in [2.45, 2.75) is 38.1 Å². The van der Waals surface area contributed by atoms with Gasteiger partial charge in [-0.3, -0.25) is 43.7 Å². The van der Waals surface area contributed by atoms with Crippen LogP contribution in [0.2, 0.25) is 0 Å². The minimum absolute atomic E-state index is 0.0924.